The lowest BCUT2D eigenvalue weighted by atomic mass is 10.1. The third-order valence-corrected chi connectivity index (χ3v) is 3.75. The molecule has 3 rings (SSSR count). The molecule has 19 heavy (non-hydrogen) atoms. The van der Waals surface area contributed by atoms with Gasteiger partial charge in [0.2, 0.25) is 0 Å². The maximum Gasteiger partial charge on any atom is 0.265 e. The van der Waals surface area contributed by atoms with E-state index in [1.54, 1.807) is 4.90 Å². The van der Waals surface area contributed by atoms with Crippen molar-refractivity contribution in [1.82, 2.24) is 0 Å². The summed E-state index contributed by atoms with van der Waals surface area (Å²) in [6.45, 7) is 0.905. The van der Waals surface area contributed by atoms with Crippen LogP contribution >= 0.6 is 0 Å². The van der Waals surface area contributed by atoms with Crippen molar-refractivity contribution in [3.8, 4) is 11.8 Å². The summed E-state index contributed by atoms with van der Waals surface area (Å²) < 4.78 is 5.42. The van der Waals surface area contributed by atoms with Gasteiger partial charge in [-0.1, -0.05) is 6.07 Å². The van der Waals surface area contributed by atoms with Gasteiger partial charge in [-0.3, -0.25) is 4.79 Å². The highest BCUT2D eigenvalue weighted by molar-refractivity contribution is 5.98. The molecule has 1 fully saturated rings. The number of nitriles is 1. The lowest BCUT2D eigenvalue weighted by Crippen LogP contribution is -2.42. The van der Waals surface area contributed by atoms with E-state index in [-0.39, 0.29) is 17.9 Å². The molecule has 0 bridgehead atoms. The van der Waals surface area contributed by atoms with Gasteiger partial charge in [0, 0.05) is 13.1 Å². The van der Waals surface area contributed by atoms with E-state index in [0.29, 0.717) is 18.8 Å². The van der Waals surface area contributed by atoms with Gasteiger partial charge in [-0.15, -0.1) is 0 Å². The molecule has 0 radical (unpaired) electrons. The van der Waals surface area contributed by atoms with E-state index in [2.05, 4.69) is 6.07 Å². The van der Waals surface area contributed by atoms with Crippen LogP contribution in [-0.2, 0) is 11.3 Å². The zero-order chi connectivity index (χ0) is 13.5. The van der Waals surface area contributed by atoms with Crippen LogP contribution in [-0.4, -0.2) is 19.1 Å². The Morgan fingerprint density at radius 3 is 2.89 bits per heavy atom. The number of nitrogens with two attached hydrogens (primary N) is 1. The molecule has 1 aromatic rings. The Morgan fingerprint density at radius 1 is 1.47 bits per heavy atom. The molecule has 0 saturated heterocycles. The summed E-state index contributed by atoms with van der Waals surface area (Å²) in [5, 5.41) is 9.18. The fourth-order valence-corrected chi connectivity index (χ4v) is 2.31. The zero-order valence-electron chi connectivity index (χ0n) is 10.6. The molecule has 1 aliphatic heterocycles. The number of carbonyl (C=O) groups excluding carboxylic acids is 1. The molecule has 98 valence electrons. The number of amides is 1. The lowest BCUT2D eigenvalue weighted by molar-refractivity contribution is -0.121. The van der Waals surface area contributed by atoms with Crippen molar-refractivity contribution in [2.75, 3.05) is 18.1 Å². The van der Waals surface area contributed by atoms with Crippen LogP contribution < -0.4 is 15.4 Å². The maximum atomic E-state index is 12.0. The molecule has 0 aromatic heterocycles. The number of benzene rings is 1. The predicted molar refractivity (Wildman–Crippen MR) is 69.5 cm³/mol. The van der Waals surface area contributed by atoms with Gasteiger partial charge in [-0.2, -0.15) is 5.26 Å². The minimum Gasteiger partial charge on any atom is -0.482 e. The Kier molecular flexibility index (Phi) is 2.68. The van der Waals surface area contributed by atoms with Crippen LogP contribution in [0, 0.1) is 16.7 Å². The Balaban J connectivity index is 1.96. The van der Waals surface area contributed by atoms with E-state index in [0.717, 1.165) is 24.1 Å². The Labute approximate surface area is 111 Å². The number of carbonyl (C=O) groups is 1. The number of hydrogen-bond donors (Lipinski definition) is 1. The van der Waals surface area contributed by atoms with Gasteiger partial charge in [-0.05, 0) is 30.5 Å². The van der Waals surface area contributed by atoms with Gasteiger partial charge in [0.15, 0.2) is 6.61 Å². The highest BCUT2D eigenvalue weighted by atomic mass is 16.5. The van der Waals surface area contributed by atoms with Crippen molar-refractivity contribution in [2.45, 2.75) is 19.4 Å². The zero-order valence-corrected chi connectivity index (χ0v) is 10.6. The largest absolute Gasteiger partial charge is 0.482 e. The first-order valence-corrected chi connectivity index (χ1v) is 6.35. The number of rotatable bonds is 3. The number of fused-ring (bicyclic) bond motifs is 1. The van der Waals surface area contributed by atoms with E-state index in [4.69, 9.17) is 10.5 Å². The van der Waals surface area contributed by atoms with E-state index in [9.17, 15) is 10.1 Å². The van der Waals surface area contributed by atoms with Crippen LogP contribution in [0.1, 0.15) is 18.4 Å². The molecule has 0 spiro atoms. The standard InChI is InChI=1S/C14H15N3O2/c15-6-10-1-2-12-11(5-10)17(13(18)7-19-12)9-14(8-16)3-4-14/h1-2,5H,3-4,6-7,9,15H2. The van der Waals surface area contributed by atoms with Crippen LogP contribution in [0.15, 0.2) is 18.2 Å². The average molecular weight is 257 g/mol. The van der Waals surface area contributed by atoms with Gasteiger partial charge in [0.25, 0.3) is 5.91 Å². The van der Waals surface area contributed by atoms with Crippen LogP contribution in [0.25, 0.3) is 0 Å². The predicted octanol–water partition coefficient (Wildman–Crippen LogP) is 1.17. The van der Waals surface area contributed by atoms with Crippen LogP contribution in [0.4, 0.5) is 5.69 Å². The molecule has 2 aliphatic rings. The van der Waals surface area contributed by atoms with Crippen molar-refractivity contribution in [3.05, 3.63) is 23.8 Å². The Bertz CT molecular complexity index is 573. The second-order valence-corrected chi connectivity index (χ2v) is 5.17. The minimum atomic E-state index is -0.358. The summed E-state index contributed by atoms with van der Waals surface area (Å²) in [4.78, 5) is 13.7. The normalized spacial score (nSPS) is 19.4. The molecular weight excluding hydrogens is 242 g/mol. The summed E-state index contributed by atoms with van der Waals surface area (Å²) in [6, 6.07) is 7.92. The SMILES string of the molecule is N#CC1(CN2C(=O)COc3ccc(CN)cc32)CC1. The van der Waals surface area contributed by atoms with Crippen molar-refractivity contribution >= 4 is 11.6 Å². The first kappa shape index (κ1) is 12.0. The summed E-state index contributed by atoms with van der Waals surface area (Å²) >= 11 is 0. The molecule has 2 N–H and O–H groups in total. The van der Waals surface area contributed by atoms with Crippen molar-refractivity contribution in [1.29, 1.82) is 5.26 Å². The molecule has 1 heterocycles. The molecule has 1 aromatic carbocycles. The second-order valence-electron chi connectivity index (χ2n) is 5.17. The topological polar surface area (TPSA) is 79.3 Å². The summed E-state index contributed by atoms with van der Waals surface area (Å²) in [5.74, 6) is 0.591. The van der Waals surface area contributed by atoms with Gasteiger partial charge in [0.05, 0.1) is 17.2 Å². The van der Waals surface area contributed by atoms with Crippen LogP contribution in [0.5, 0.6) is 5.75 Å². The highest BCUT2D eigenvalue weighted by Gasteiger charge is 2.46. The first-order valence-electron chi connectivity index (χ1n) is 6.35. The second kappa shape index (κ2) is 4.25. The Hall–Kier alpha value is -2.06. The monoisotopic (exact) mass is 257 g/mol. The van der Waals surface area contributed by atoms with Gasteiger partial charge in [-0.25, -0.2) is 0 Å². The molecule has 0 atom stereocenters. The van der Waals surface area contributed by atoms with Crippen LogP contribution in [0.2, 0.25) is 0 Å². The van der Waals surface area contributed by atoms with Gasteiger partial charge < -0.3 is 15.4 Å². The number of nitrogens with zero attached hydrogens (tertiary/aromatic N) is 2. The molecule has 1 aliphatic carbocycles. The summed E-state index contributed by atoms with van der Waals surface area (Å²) in [6.07, 6.45) is 1.72. The highest BCUT2D eigenvalue weighted by Crippen LogP contribution is 2.47. The Morgan fingerprint density at radius 2 is 2.26 bits per heavy atom. The molecular formula is C14H15N3O2. The fraction of sp³-hybridized carbons (Fsp3) is 0.429. The van der Waals surface area contributed by atoms with E-state index in [1.807, 2.05) is 18.2 Å². The molecule has 0 unspecified atom stereocenters. The third-order valence-electron chi connectivity index (χ3n) is 3.75. The minimum absolute atomic E-state index is 0.0382. The van der Waals surface area contributed by atoms with Crippen molar-refractivity contribution in [3.63, 3.8) is 0 Å². The third kappa shape index (κ3) is 2.04. The van der Waals surface area contributed by atoms with Gasteiger partial charge in [0.1, 0.15) is 5.75 Å². The van der Waals surface area contributed by atoms with E-state index < -0.39 is 0 Å². The van der Waals surface area contributed by atoms with Crippen molar-refractivity contribution < 1.29 is 9.53 Å². The number of ether oxygens (including phenoxy) is 1. The first-order chi connectivity index (χ1) is 9.17. The number of anilines is 1. The molecule has 1 saturated carbocycles. The lowest BCUT2D eigenvalue weighted by Gasteiger charge is -2.31. The van der Waals surface area contributed by atoms with Crippen LogP contribution in [0.3, 0.4) is 0 Å². The molecule has 5 nitrogen and oxygen atoms in total. The number of hydrogen-bond acceptors (Lipinski definition) is 4. The van der Waals surface area contributed by atoms with Gasteiger partial charge >= 0.3 is 0 Å². The average Bonchev–Trinajstić information content (AvgIpc) is 3.22. The smallest absolute Gasteiger partial charge is 0.265 e. The summed E-state index contributed by atoms with van der Waals surface area (Å²) in [7, 11) is 0. The molecule has 1 amide bonds. The van der Waals surface area contributed by atoms with Crippen molar-refractivity contribution in [2.24, 2.45) is 11.1 Å². The molecule has 5 heteroatoms. The van der Waals surface area contributed by atoms with E-state index >= 15 is 0 Å². The quantitative estimate of drug-likeness (QED) is 0.881. The maximum absolute atomic E-state index is 12.0. The summed E-state index contributed by atoms with van der Waals surface area (Å²) in [5.41, 5.74) is 6.96. The van der Waals surface area contributed by atoms with E-state index in [1.165, 1.54) is 0 Å². The fourth-order valence-electron chi connectivity index (χ4n) is 2.31.